The second-order valence-corrected chi connectivity index (χ2v) is 6.42. The predicted molar refractivity (Wildman–Crippen MR) is 77.9 cm³/mol. The third-order valence-corrected chi connectivity index (χ3v) is 5.14. The standard InChI is InChI=1S/C13H12ClFN2O2S/c1-17(10-7-5-9(15)6-8-10)20(18,19)13-11(14)3-2-4-12(13)16/h2-8H,16H2,1H3. The molecule has 2 rings (SSSR count). The van der Waals surface area contributed by atoms with Gasteiger partial charge >= 0.3 is 0 Å². The number of benzene rings is 2. The number of nitrogen functional groups attached to an aromatic ring is 1. The van der Waals surface area contributed by atoms with Crippen LogP contribution in [0.4, 0.5) is 15.8 Å². The zero-order chi connectivity index (χ0) is 14.9. The molecule has 0 fully saturated rings. The molecular formula is C13H12ClFN2O2S. The Bertz CT molecular complexity index is 712. The fourth-order valence-electron chi connectivity index (χ4n) is 1.72. The van der Waals surface area contributed by atoms with Crippen molar-refractivity contribution in [3.63, 3.8) is 0 Å². The number of hydrogen-bond donors (Lipinski definition) is 1. The monoisotopic (exact) mass is 314 g/mol. The van der Waals surface area contributed by atoms with E-state index < -0.39 is 15.8 Å². The van der Waals surface area contributed by atoms with Crippen LogP contribution in [0.15, 0.2) is 47.4 Å². The zero-order valence-corrected chi connectivity index (χ0v) is 12.1. The highest BCUT2D eigenvalue weighted by Crippen LogP contribution is 2.31. The first kappa shape index (κ1) is 14.6. The minimum atomic E-state index is -3.91. The van der Waals surface area contributed by atoms with Crippen molar-refractivity contribution in [3.8, 4) is 0 Å². The molecule has 4 nitrogen and oxygen atoms in total. The van der Waals surface area contributed by atoms with Crippen molar-refractivity contribution < 1.29 is 12.8 Å². The van der Waals surface area contributed by atoms with Gasteiger partial charge in [-0.3, -0.25) is 4.31 Å². The van der Waals surface area contributed by atoms with Gasteiger partial charge < -0.3 is 5.73 Å². The molecule has 0 aliphatic carbocycles. The van der Waals surface area contributed by atoms with Crippen molar-refractivity contribution in [1.29, 1.82) is 0 Å². The summed E-state index contributed by atoms with van der Waals surface area (Å²) in [5.74, 6) is -0.447. The second-order valence-electron chi connectivity index (χ2n) is 4.11. The van der Waals surface area contributed by atoms with E-state index in [0.717, 1.165) is 4.31 Å². The summed E-state index contributed by atoms with van der Waals surface area (Å²) in [7, 11) is -2.56. The Balaban J connectivity index is 2.52. The molecule has 2 N–H and O–H groups in total. The number of nitrogens with zero attached hydrogens (tertiary/aromatic N) is 1. The summed E-state index contributed by atoms with van der Waals surface area (Å²) in [5.41, 5.74) is 6.07. The Labute approximate surface area is 121 Å². The molecule has 0 heterocycles. The Morgan fingerprint density at radius 2 is 1.75 bits per heavy atom. The van der Waals surface area contributed by atoms with Crippen LogP contribution in [0.3, 0.4) is 0 Å². The molecular weight excluding hydrogens is 303 g/mol. The van der Waals surface area contributed by atoms with Gasteiger partial charge in [-0.05, 0) is 36.4 Å². The Hall–Kier alpha value is -1.79. The third kappa shape index (κ3) is 2.57. The molecule has 0 saturated carbocycles. The smallest absolute Gasteiger partial charge is 0.267 e. The van der Waals surface area contributed by atoms with Crippen LogP contribution in [0.25, 0.3) is 0 Å². The van der Waals surface area contributed by atoms with Crippen molar-refractivity contribution in [2.75, 3.05) is 17.1 Å². The molecule has 2 aromatic carbocycles. The molecule has 0 aliphatic rings. The van der Waals surface area contributed by atoms with Crippen LogP contribution in [0.5, 0.6) is 0 Å². The van der Waals surface area contributed by atoms with Crippen molar-refractivity contribution in [3.05, 3.63) is 53.3 Å². The lowest BCUT2D eigenvalue weighted by atomic mass is 10.3. The third-order valence-electron chi connectivity index (χ3n) is 2.81. The number of halogens is 2. The highest BCUT2D eigenvalue weighted by molar-refractivity contribution is 7.93. The summed E-state index contributed by atoms with van der Waals surface area (Å²) in [5, 5.41) is 0.0407. The minimum absolute atomic E-state index is 0.0407. The molecule has 2 aromatic rings. The maximum atomic E-state index is 12.9. The van der Waals surface area contributed by atoms with E-state index in [1.165, 1.54) is 43.4 Å². The maximum absolute atomic E-state index is 12.9. The largest absolute Gasteiger partial charge is 0.398 e. The lowest BCUT2D eigenvalue weighted by Crippen LogP contribution is -2.27. The lowest BCUT2D eigenvalue weighted by molar-refractivity contribution is 0.594. The zero-order valence-electron chi connectivity index (χ0n) is 10.5. The highest BCUT2D eigenvalue weighted by atomic mass is 35.5. The molecule has 7 heteroatoms. The van der Waals surface area contributed by atoms with Crippen molar-refractivity contribution in [2.45, 2.75) is 4.90 Å². The molecule has 0 aliphatic heterocycles. The molecule has 0 amide bonds. The van der Waals surface area contributed by atoms with Gasteiger partial charge in [-0.1, -0.05) is 17.7 Å². The number of sulfonamides is 1. The first-order valence-corrected chi connectivity index (χ1v) is 7.44. The van der Waals surface area contributed by atoms with Gasteiger partial charge in [0.2, 0.25) is 0 Å². The van der Waals surface area contributed by atoms with Crippen LogP contribution in [0.2, 0.25) is 5.02 Å². The SMILES string of the molecule is CN(c1ccc(F)cc1)S(=O)(=O)c1c(N)cccc1Cl. The van der Waals surface area contributed by atoms with E-state index >= 15 is 0 Å². The van der Waals surface area contributed by atoms with E-state index in [9.17, 15) is 12.8 Å². The molecule has 20 heavy (non-hydrogen) atoms. The van der Waals surface area contributed by atoms with Crippen molar-refractivity contribution in [2.24, 2.45) is 0 Å². The van der Waals surface area contributed by atoms with E-state index in [4.69, 9.17) is 17.3 Å². The average Bonchev–Trinajstić information content (AvgIpc) is 2.38. The second kappa shape index (κ2) is 5.30. The van der Waals surface area contributed by atoms with Crippen LogP contribution < -0.4 is 10.0 Å². The van der Waals surface area contributed by atoms with Gasteiger partial charge in [-0.15, -0.1) is 0 Å². The Morgan fingerprint density at radius 1 is 1.15 bits per heavy atom. The fraction of sp³-hybridized carbons (Fsp3) is 0.0769. The molecule has 106 valence electrons. The van der Waals surface area contributed by atoms with Crippen LogP contribution in [0, 0.1) is 5.82 Å². The van der Waals surface area contributed by atoms with Gasteiger partial charge in [0, 0.05) is 7.05 Å². The van der Waals surface area contributed by atoms with Gasteiger partial charge in [0.15, 0.2) is 0 Å². The van der Waals surface area contributed by atoms with E-state index in [-0.39, 0.29) is 15.6 Å². The minimum Gasteiger partial charge on any atom is -0.398 e. The summed E-state index contributed by atoms with van der Waals surface area (Å²) >= 11 is 5.92. The van der Waals surface area contributed by atoms with Gasteiger partial charge in [0.05, 0.1) is 16.4 Å². The number of hydrogen-bond acceptors (Lipinski definition) is 3. The van der Waals surface area contributed by atoms with Crippen molar-refractivity contribution in [1.82, 2.24) is 0 Å². The highest BCUT2D eigenvalue weighted by Gasteiger charge is 2.26. The molecule has 0 radical (unpaired) electrons. The Morgan fingerprint density at radius 3 is 2.30 bits per heavy atom. The predicted octanol–water partition coefficient (Wildman–Crippen LogP) is 2.89. The van der Waals surface area contributed by atoms with Crippen LogP contribution in [-0.2, 0) is 10.0 Å². The summed E-state index contributed by atoms with van der Waals surface area (Å²) in [4.78, 5) is -0.159. The van der Waals surface area contributed by atoms with Gasteiger partial charge in [-0.2, -0.15) is 0 Å². The normalized spacial score (nSPS) is 11.3. The van der Waals surface area contributed by atoms with Gasteiger partial charge in [-0.25, -0.2) is 12.8 Å². The molecule has 0 atom stereocenters. The molecule has 0 saturated heterocycles. The Kier molecular flexibility index (Phi) is 3.87. The van der Waals surface area contributed by atoms with Crippen molar-refractivity contribution >= 4 is 33.0 Å². The molecule has 0 spiro atoms. The topological polar surface area (TPSA) is 63.4 Å². The maximum Gasteiger partial charge on any atom is 0.267 e. The summed E-state index contributed by atoms with van der Waals surface area (Å²) in [6.45, 7) is 0. The number of rotatable bonds is 3. The van der Waals surface area contributed by atoms with Crippen LogP contribution >= 0.6 is 11.6 Å². The number of nitrogens with two attached hydrogens (primary N) is 1. The molecule has 0 aromatic heterocycles. The first-order chi connectivity index (χ1) is 9.34. The number of anilines is 2. The quantitative estimate of drug-likeness (QED) is 0.886. The summed E-state index contributed by atoms with van der Waals surface area (Å²) in [6, 6.07) is 9.55. The lowest BCUT2D eigenvalue weighted by Gasteiger charge is -2.21. The van der Waals surface area contributed by atoms with E-state index in [2.05, 4.69) is 0 Å². The van der Waals surface area contributed by atoms with E-state index in [1.54, 1.807) is 6.07 Å². The average molecular weight is 315 g/mol. The summed E-state index contributed by atoms with van der Waals surface area (Å²) < 4.78 is 38.9. The van der Waals surface area contributed by atoms with Crippen LogP contribution in [-0.4, -0.2) is 15.5 Å². The van der Waals surface area contributed by atoms with Gasteiger partial charge in [0.25, 0.3) is 10.0 Å². The molecule has 0 unspecified atom stereocenters. The summed E-state index contributed by atoms with van der Waals surface area (Å²) in [6.07, 6.45) is 0. The van der Waals surface area contributed by atoms with E-state index in [0.29, 0.717) is 5.69 Å². The fourth-order valence-corrected chi connectivity index (χ4v) is 3.55. The first-order valence-electron chi connectivity index (χ1n) is 5.62. The van der Waals surface area contributed by atoms with Crippen LogP contribution in [0.1, 0.15) is 0 Å². The van der Waals surface area contributed by atoms with E-state index in [1.807, 2.05) is 0 Å². The van der Waals surface area contributed by atoms with Gasteiger partial charge in [0.1, 0.15) is 10.7 Å². The molecule has 0 bridgehead atoms.